The normalized spacial score (nSPS) is 20.1. The minimum absolute atomic E-state index is 0.0167. The van der Waals surface area contributed by atoms with Crippen molar-refractivity contribution in [1.29, 1.82) is 0 Å². The molecule has 0 saturated carbocycles. The summed E-state index contributed by atoms with van der Waals surface area (Å²) in [7, 11) is 0. The molecule has 0 bridgehead atoms. The SMILES string of the molecule is C[C@H](N)C(=O)N1CCC[C@H]1C(=O)N1CCC[C@H]1C(=O)NCC(=O)N[C@@H](Cc1ccccc1)C(=O)N[C@H](C(=O)N1CCC[C@H]1C(=O)N[C@@H](Cc1ccccc1)C(=O)N[C@@H](CCCN=C(N)N)C(=O)O)[C@@H](C)O. The second kappa shape index (κ2) is 26.2. The molecule has 71 heavy (non-hydrogen) atoms. The molecule has 2 aromatic carbocycles. The number of hydrogen-bond donors (Lipinski definition) is 10. The fourth-order valence-electron chi connectivity index (χ4n) is 9.12. The first-order chi connectivity index (χ1) is 33.9. The second-order valence-corrected chi connectivity index (χ2v) is 18.2. The molecule has 3 heterocycles. The molecule has 23 heteroatoms. The number of aliphatic hydroxyl groups excluding tert-OH is 1. The average Bonchev–Trinajstić information content (AvgIpc) is 4.15. The van der Waals surface area contributed by atoms with Gasteiger partial charge in [-0.05, 0) is 76.3 Å². The number of nitrogens with zero attached hydrogens (tertiary/aromatic N) is 4. The van der Waals surface area contributed by atoms with E-state index in [1.807, 2.05) is 0 Å². The van der Waals surface area contributed by atoms with Gasteiger partial charge in [0.15, 0.2) is 5.96 Å². The van der Waals surface area contributed by atoms with Crippen molar-refractivity contribution in [3.05, 3.63) is 71.8 Å². The fraction of sp³-hybridized carbons (Fsp3) is 0.542. The van der Waals surface area contributed by atoms with Gasteiger partial charge >= 0.3 is 5.97 Å². The largest absolute Gasteiger partial charge is 0.480 e. The van der Waals surface area contributed by atoms with E-state index in [4.69, 9.17) is 17.2 Å². The number of carbonyl (C=O) groups is 9. The molecule has 5 rings (SSSR count). The van der Waals surface area contributed by atoms with Crippen LogP contribution in [0.2, 0.25) is 0 Å². The molecule has 8 amide bonds. The average molecular weight is 989 g/mol. The van der Waals surface area contributed by atoms with Crippen LogP contribution >= 0.6 is 0 Å². The minimum atomic E-state index is -1.60. The van der Waals surface area contributed by atoms with E-state index in [-0.39, 0.29) is 69.5 Å². The molecule has 3 aliphatic heterocycles. The van der Waals surface area contributed by atoms with E-state index in [1.54, 1.807) is 67.6 Å². The first-order valence-corrected chi connectivity index (χ1v) is 24.1. The van der Waals surface area contributed by atoms with Crippen LogP contribution < -0.4 is 43.8 Å². The lowest BCUT2D eigenvalue weighted by Gasteiger charge is -2.32. The van der Waals surface area contributed by atoms with E-state index in [1.165, 1.54) is 21.6 Å². The maximum Gasteiger partial charge on any atom is 0.326 e. The zero-order valence-corrected chi connectivity index (χ0v) is 40.2. The summed E-state index contributed by atoms with van der Waals surface area (Å²) in [6, 6.07) is 8.25. The monoisotopic (exact) mass is 989 g/mol. The van der Waals surface area contributed by atoms with Crippen molar-refractivity contribution in [2.75, 3.05) is 32.7 Å². The van der Waals surface area contributed by atoms with Crippen LogP contribution in [0.4, 0.5) is 0 Å². The summed E-state index contributed by atoms with van der Waals surface area (Å²) >= 11 is 0. The number of aliphatic hydroxyl groups is 1. The Hall–Kier alpha value is -7.14. The van der Waals surface area contributed by atoms with Gasteiger partial charge < -0.3 is 68.7 Å². The van der Waals surface area contributed by atoms with Gasteiger partial charge in [0.05, 0.1) is 18.7 Å². The molecule has 0 spiro atoms. The van der Waals surface area contributed by atoms with E-state index in [0.717, 1.165) is 0 Å². The molecule has 3 fully saturated rings. The first kappa shape index (κ1) is 54.8. The fourth-order valence-corrected chi connectivity index (χ4v) is 9.12. The third kappa shape index (κ3) is 15.4. The molecule has 23 nitrogen and oxygen atoms in total. The molecule has 3 aliphatic rings. The highest BCUT2D eigenvalue weighted by molar-refractivity contribution is 5.98. The van der Waals surface area contributed by atoms with Gasteiger partial charge in [-0.1, -0.05) is 60.7 Å². The minimum Gasteiger partial charge on any atom is -0.480 e. The van der Waals surface area contributed by atoms with E-state index in [9.17, 15) is 53.4 Å². The van der Waals surface area contributed by atoms with Crippen molar-refractivity contribution >= 4 is 59.2 Å². The quantitative estimate of drug-likeness (QED) is 0.0310. The third-order valence-corrected chi connectivity index (χ3v) is 12.8. The lowest BCUT2D eigenvalue weighted by Crippen LogP contribution is -2.61. The summed E-state index contributed by atoms with van der Waals surface area (Å²) in [6.07, 6.45) is 1.06. The van der Waals surface area contributed by atoms with Crippen LogP contribution in [0.25, 0.3) is 0 Å². The Labute approximate surface area is 412 Å². The van der Waals surface area contributed by atoms with Gasteiger partial charge in [-0.2, -0.15) is 0 Å². The number of aliphatic carboxylic acids is 1. The van der Waals surface area contributed by atoms with Gasteiger partial charge in [-0.3, -0.25) is 43.3 Å². The van der Waals surface area contributed by atoms with E-state index in [0.29, 0.717) is 49.8 Å². The molecule has 0 aromatic heterocycles. The summed E-state index contributed by atoms with van der Waals surface area (Å²) in [4.78, 5) is 130. The Morgan fingerprint density at radius 2 is 1.17 bits per heavy atom. The van der Waals surface area contributed by atoms with Gasteiger partial charge in [0, 0.05) is 39.0 Å². The number of amides is 8. The summed E-state index contributed by atoms with van der Waals surface area (Å²) in [5, 5.41) is 33.8. The zero-order chi connectivity index (χ0) is 51.8. The lowest BCUT2D eigenvalue weighted by atomic mass is 10.0. The highest BCUT2D eigenvalue weighted by Crippen LogP contribution is 2.26. The standard InChI is InChI=1S/C48H68N12O11/c1-28(49)44(67)60-24-12-20-37(60)45(68)58-22-10-18-35(58)42(65)53-27-38(62)54-33(25-30-13-5-3-6-14-30)41(64)57-39(29(2)61)46(69)59-23-11-19-36(59)43(66)56-34(26-31-15-7-4-8-16-31)40(63)55-32(47(70)71)17-9-21-52-48(50)51/h3-8,13-16,28-29,32-37,39,61H,9-12,17-27,49H2,1-2H3,(H,53,65)(H,54,62)(H,55,63)(H,56,66)(H,57,64)(H,70,71)(H4,50,51,52)/t28-,29+,32-,33-,34-,35-,36-,37-,39-/m0/s1. The van der Waals surface area contributed by atoms with Gasteiger partial charge in [0.25, 0.3) is 0 Å². The number of guanidine groups is 1. The summed E-state index contributed by atoms with van der Waals surface area (Å²) in [5.74, 6) is -6.71. The van der Waals surface area contributed by atoms with Crippen LogP contribution in [0.15, 0.2) is 65.7 Å². The molecule has 9 atom stereocenters. The number of rotatable bonds is 23. The van der Waals surface area contributed by atoms with Crippen LogP contribution in [0, 0.1) is 0 Å². The smallest absolute Gasteiger partial charge is 0.326 e. The van der Waals surface area contributed by atoms with Crippen molar-refractivity contribution in [1.82, 2.24) is 41.3 Å². The number of aliphatic imine (C=N–C) groups is 1. The van der Waals surface area contributed by atoms with Crippen molar-refractivity contribution in [3.8, 4) is 0 Å². The highest BCUT2D eigenvalue weighted by atomic mass is 16.4. The maximum absolute atomic E-state index is 14.3. The summed E-state index contributed by atoms with van der Waals surface area (Å²) in [6.45, 7) is 3.11. The Morgan fingerprint density at radius 1 is 0.662 bits per heavy atom. The number of likely N-dealkylation sites (tertiary alicyclic amines) is 3. The highest BCUT2D eigenvalue weighted by Gasteiger charge is 2.44. The Morgan fingerprint density at radius 3 is 1.70 bits per heavy atom. The second-order valence-electron chi connectivity index (χ2n) is 18.2. The van der Waals surface area contributed by atoms with Crippen molar-refractivity contribution in [2.24, 2.45) is 22.2 Å². The molecular formula is C48H68N12O11. The van der Waals surface area contributed by atoms with Crippen LogP contribution in [-0.4, -0.2) is 171 Å². The zero-order valence-electron chi connectivity index (χ0n) is 40.2. The Bertz CT molecular complexity index is 2240. The summed E-state index contributed by atoms with van der Waals surface area (Å²) < 4.78 is 0. The molecule has 0 radical (unpaired) electrons. The van der Waals surface area contributed by atoms with E-state index < -0.39 is 102 Å². The third-order valence-electron chi connectivity index (χ3n) is 12.8. The Kier molecular flexibility index (Phi) is 20.2. The van der Waals surface area contributed by atoms with Crippen LogP contribution in [0.5, 0.6) is 0 Å². The molecule has 2 aromatic rings. The van der Waals surface area contributed by atoms with Gasteiger partial charge in [-0.25, -0.2) is 4.79 Å². The predicted molar refractivity (Wildman–Crippen MR) is 258 cm³/mol. The molecule has 0 aliphatic carbocycles. The topological polar surface area (TPSA) is 354 Å². The Balaban J connectivity index is 1.25. The summed E-state index contributed by atoms with van der Waals surface area (Å²) in [5.41, 5.74) is 17.8. The maximum atomic E-state index is 14.3. The van der Waals surface area contributed by atoms with Crippen molar-refractivity contribution < 1.29 is 53.4 Å². The number of carboxylic acid groups (broad SMARTS) is 1. The molecule has 0 unspecified atom stereocenters. The number of benzene rings is 2. The van der Waals surface area contributed by atoms with Crippen LogP contribution in [0.1, 0.15) is 76.3 Å². The van der Waals surface area contributed by atoms with Gasteiger partial charge in [-0.15, -0.1) is 0 Å². The van der Waals surface area contributed by atoms with Gasteiger partial charge in [0.1, 0.15) is 42.3 Å². The number of nitrogens with one attached hydrogen (secondary N) is 5. The number of hydrogen-bond acceptors (Lipinski definition) is 12. The first-order valence-electron chi connectivity index (χ1n) is 24.1. The van der Waals surface area contributed by atoms with Crippen molar-refractivity contribution in [3.63, 3.8) is 0 Å². The van der Waals surface area contributed by atoms with Crippen LogP contribution in [-0.2, 0) is 56.0 Å². The number of nitrogens with two attached hydrogens (primary N) is 3. The predicted octanol–water partition coefficient (Wildman–Crippen LogP) is -2.63. The molecule has 386 valence electrons. The number of carboxylic acids is 1. The molecule has 3 saturated heterocycles. The lowest BCUT2D eigenvalue weighted by molar-refractivity contribution is -0.147. The van der Waals surface area contributed by atoms with E-state index >= 15 is 0 Å². The van der Waals surface area contributed by atoms with Crippen LogP contribution in [0.3, 0.4) is 0 Å². The van der Waals surface area contributed by atoms with Crippen molar-refractivity contribution in [2.45, 2.75) is 132 Å². The molecular weight excluding hydrogens is 921 g/mol. The number of carbonyl (C=O) groups excluding carboxylic acids is 8. The molecule has 13 N–H and O–H groups in total. The van der Waals surface area contributed by atoms with E-state index in [2.05, 4.69) is 31.6 Å². The van der Waals surface area contributed by atoms with Gasteiger partial charge in [0.2, 0.25) is 47.3 Å².